The topological polar surface area (TPSA) is 118 Å². The van der Waals surface area contributed by atoms with Crippen molar-refractivity contribution >= 4 is 29.2 Å². The molecule has 3 unspecified atom stereocenters. The number of hydrazine groups is 1. The van der Waals surface area contributed by atoms with E-state index in [0.717, 1.165) is 69.5 Å². The van der Waals surface area contributed by atoms with Crippen molar-refractivity contribution in [3.05, 3.63) is 77.6 Å². The van der Waals surface area contributed by atoms with Gasteiger partial charge in [0.15, 0.2) is 0 Å². The van der Waals surface area contributed by atoms with Crippen LogP contribution in [0.4, 0.5) is 0 Å². The summed E-state index contributed by atoms with van der Waals surface area (Å²) < 4.78 is 13.4. The zero-order valence-electron chi connectivity index (χ0n) is 35.0. The lowest BCUT2D eigenvalue weighted by Crippen LogP contribution is -2.60. The van der Waals surface area contributed by atoms with Crippen LogP contribution in [0.5, 0.6) is 0 Å². The molecule has 2 aromatic heterocycles. The maximum absolute atomic E-state index is 14.1. The van der Waals surface area contributed by atoms with Crippen LogP contribution in [0.2, 0.25) is 0 Å². The van der Waals surface area contributed by atoms with Crippen LogP contribution in [-0.2, 0) is 43.2 Å². The number of amides is 2. The quantitative estimate of drug-likeness (QED) is 0.111. The molecule has 1 saturated heterocycles. The molecule has 302 valence electrons. The molecule has 1 fully saturated rings. The lowest BCUT2D eigenvalue weighted by Gasteiger charge is -2.35. The molecule has 1 aliphatic heterocycles. The fourth-order valence-corrected chi connectivity index (χ4v) is 8.28. The number of carbonyl (C=O) groups is 3. The van der Waals surface area contributed by atoms with Gasteiger partial charge in [-0.25, -0.2) is 5.43 Å². The maximum Gasteiger partial charge on any atom is 0.293 e. The predicted molar refractivity (Wildman–Crippen MR) is 223 cm³/mol. The Bertz CT molecular complexity index is 1980. The number of likely N-dealkylation sites (N-methyl/N-ethyl adjacent to an activating group) is 1. The van der Waals surface area contributed by atoms with Crippen LogP contribution in [-0.4, -0.2) is 90.2 Å². The minimum atomic E-state index is -0.744. The summed E-state index contributed by atoms with van der Waals surface area (Å²) in [6.45, 7) is 16.6. The van der Waals surface area contributed by atoms with Crippen LogP contribution in [0.25, 0.3) is 33.3 Å². The van der Waals surface area contributed by atoms with Gasteiger partial charge in [0.2, 0.25) is 5.91 Å². The summed E-state index contributed by atoms with van der Waals surface area (Å²) in [6.07, 6.45) is 4.48. The van der Waals surface area contributed by atoms with Crippen LogP contribution in [0.15, 0.2) is 60.8 Å². The Hall–Kier alpha value is -4.58. The maximum atomic E-state index is 14.1. The second-order valence-electron chi connectivity index (χ2n) is 16.6. The second kappa shape index (κ2) is 18.6. The fourth-order valence-electron chi connectivity index (χ4n) is 8.28. The van der Waals surface area contributed by atoms with Crippen LogP contribution >= 0.6 is 0 Å². The van der Waals surface area contributed by atoms with Gasteiger partial charge in [0, 0.05) is 60.7 Å². The second-order valence-corrected chi connectivity index (χ2v) is 16.6. The molecule has 2 amide bonds. The van der Waals surface area contributed by atoms with Crippen LogP contribution in [0.3, 0.4) is 0 Å². The number of aryl methyl sites for hydroxylation is 1. The molecular weight excluding hydrogens is 705 g/mol. The smallest absolute Gasteiger partial charge is 0.293 e. The molecule has 0 aliphatic carbocycles. The molecule has 11 heteroatoms. The van der Waals surface area contributed by atoms with E-state index in [4.69, 9.17) is 14.5 Å². The average Bonchev–Trinajstić information content (AvgIpc) is 3.47. The van der Waals surface area contributed by atoms with Crippen molar-refractivity contribution in [2.45, 2.75) is 105 Å². The Morgan fingerprint density at radius 2 is 1.84 bits per heavy atom. The number of benzene rings is 2. The number of ether oxygens (including phenoxy) is 2. The van der Waals surface area contributed by atoms with Gasteiger partial charge in [-0.3, -0.25) is 29.3 Å². The van der Waals surface area contributed by atoms with E-state index >= 15 is 0 Å². The van der Waals surface area contributed by atoms with E-state index in [2.05, 4.69) is 79.4 Å². The fraction of sp³-hybridized carbons (Fsp3) is 0.511. The van der Waals surface area contributed by atoms with E-state index in [-0.39, 0.29) is 47.9 Å². The van der Waals surface area contributed by atoms with E-state index < -0.39 is 6.04 Å². The minimum Gasteiger partial charge on any atom is -0.467 e. The Morgan fingerprint density at radius 1 is 1.09 bits per heavy atom. The van der Waals surface area contributed by atoms with Gasteiger partial charge >= 0.3 is 0 Å². The Labute approximate surface area is 333 Å². The number of pyridine rings is 1. The van der Waals surface area contributed by atoms with Gasteiger partial charge in [0.25, 0.3) is 12.4 Å². The number of nitrogens with zero attached hydrogens (tertiary/aromatic N) is 4. The lowest BCUT2D eigenvalue weighted by atomic mass is 9.84. The van der Waals surface area contributed by atoms with Gasteiger partial charge in [-0.15, -0.1) is 0 Å². The van der Waals surface area contributed by atoms with E-state index in [1.54, 1.807) is 18.3 Å². The Morgan fingerprint density at radius 3 is 2.50 bits per heavy atom. The van der Waals surface area contributed by atoms with Crippen molar-refractivity contribution in [3.63, 3.8) is 0 Å². The van der Waals surface area contributed by atoms with E-state index in [0.29, 0.717) is 25.9 Å². The largest absolute Gasteiger partial charge is 0.467 e. The molecule has 4 aromatic rings. The molecule has 0 saturated carbocycles. The van der Waals surface area contributed by atoms with Gasteiger partial charge in [-0.05, 0) is 107 Å². The first-order chi connectivity index (χ1) is 26.7. The molecule has 5 rings (SSSR count). The molecule has 0 bridgehead atoms. The number of carbonyl (C=O) groups excluding carboxylic acids is 3. The van der Waals surface area contributed by atoms with Gasteiger partial charge in [0.05, 0.1) is 30.1 Å². The highest BCUT2D eigenvalue weighted by Gasteiger charge is 2.33. The number of aromatic nitrogens is 2. The van der Waals surface area contributed by atoms with Crippen molar-refractivity contribution in [1.29, 1.82) is 0 Å². The highest BCUT2D eigenvalue weighted by molar-refractivity contribution is 5.95. The number of fused-ring (bicyclic) bond motifs is 1. The summed E-state index contributed by atoms with van der Waals surface area (Å²) in [5.41, 5.74) is 11.2. The van der Waals surface area contributed by atoms with Gasteiger partial charge < -0.3 is 19.4 Å². The zero-order valence-corrected chi connectivity index (χ0v) is 35.0. The minimum absolute atomic E-state index is 0.0661. The van der Waals surface area contributed by atoms with Crippen molar-refractivity contribution < 1.29 is 23.9 Å². The monoisotopic (exact) mass is 766 g/mol. The molecule has 11 nitrogen and oxygen atoms in total. The molecule has 0 spiro atoms. The molecule has 56 heavy (non-hydrogen) atoms. The van der Waals surface area contributed by atoms with Crippen LogP contribution in [0.1, 0.15) is 84.2 Å². The molecule has 0 radical (unpaired) electrons. The normalized spacial score (nSPS) is 16.6. The van der Waals surface area contributed by atoms with Crippen LogP contribution in [0, 0.1) is 11.3 Å². The summed E-state index contributed by atoms with van der Waals surface area (Å²) in [5.74, 6) is -0.219. The number of hydrogen-bond acceptors (Lipinski definition) is 8. The highest BCUT2D eigenvalue weighted by Crippen LogP contribution is 2.41. The molecule has 2 aromatic carbocycles. The average molecular weight is 767 g/mol. The van der Waals surface area contributed by atoms with Gasteiger partial charge in [0.1, 0.15) is 6.04 Å². The van der Waals surface area contributed by atoms with Gasteiger partial charge in [-0.1, -0.05) is 58.0 Å². The number of hydrogen-bond donors (Lipinski definition) is 2. The zero-order chi connectivity index (χ0) is 40.7. The van der Waals surface area contributed by atoms with Crippen LogP contribution < -0.4 is 10.7 Å². The number of nitrogens with one attached hydrogen (secondary N) is 2. The molecule has 2 N–H and O–H groups in total. The first kappa shape index (κ1) is 42.6. The SMILES string of the molecule is CCn1c(-c2cccnc2C(C)OC)c(CC(C)(C)COC=O)c2cc(-c3cccc(CC(NC(=O)C(C(C)C)N(C)C)C(=O)N4CCC[C@@H](C)N4)c3)ccc21. The summed E-state index contributed by atoms with van der Waals surface area (Å²) in [6, 6.07) is 18.0. The van der Waals surface area contributed by atoms with E-state index in [1.807, 2.05) is 58.0 Å². The molecule has 3 heterocycles. The number of rotatable bonds is 17. The lowest BCUT2D eigenvalue weighted by molar-refractivity contribution is -0.142. The molecule has 1 aliphatic rings. The van der Waals surface area contributed by atoms with Crippen molar-refractivity contribution in [2.75, 3.05) is 34.4 Å². The summed E-state index contributed by atoms with van der Waals surface area (Å²) in [5, 5.41) is 5.95. The standard InChI is InChI=1S/C45H62N6O5/c1-11-50-39-20-19-34(25-36(39)37(26-45(6,7)27-56-28-52)42(50)35-18-13-21-46-40(35)31(5)55-10)33-17-12-16-32(23-33)24-38(44(54)51-22-14-15-30(4)48-51)47-43(53)41(29(2)3)49(8)9/h12-13,16-21,23,25,28-31,38,41,48H,11,14-15,22,24,26-27H2,1-10H3,(H,47,53)/t30-,31?,38?,41?/m1/s1. The highest BCUT2D eigenvalue weighted by atomic mass is 16.5. The third kappa shape index (κ3) is 9.68. The molecule has 4 atom stereocenters. The predicted octanol–water partition coefficient (Wildman–Crippen LogP) is 6.97. The van der Waals surface area contributed by atoms with Crippen molar-refractivity contribution in [2.24, 2.45) is 11.3 Å². The van der Waals surface area contributed by atoms with E-state index in [1.165, 1.54) is 0 Å². The summed E-state index contributed by atoms with van der Waals surface area (Å²) in [7, 11) is 5.49. The first-order valence-corrected chi connectivity index (χ1v) is 20.0. The van der Waals surface area contributed by atoms with Crippen molar-refractivity contribution in [3.8, 4) is 22.4 Å². The summed E-state index contributed by atoms with van der Waals surface area (Å²) in [4.78, 5) is 45.8. The van der Waals surface area contributed by atoms with Gasteiger partial charge in [-0.2, -0.15) is 0 Å². The first-order valence-electron chi connectivity index (χ1n) is 20.0. The molecular formula is C45H62N6O5. The van der Waals surface area contributed by atoms with E-state index in [9.17, 15) is 14.4 Å². The third-order valence-corrected chi connectivity index (χ3v) is 10.9. The summed E-state index contributed by atoms with van der Waals surface area (Å²) >= 11 is 0. The third-order valence-electron chi connectivity index (χ3n) is 10.9. The Balaban J connectivity index is 1.59. The number of methoxy groups -OCH3 is 1. The Kier molecular flexibility index (Phi) is 14.1. The van der Waals surface area contributed by atoms with Crippen molar-refractivity contribution in [1.82, 2.24) is 30.2 Å².